The Balaban J connectivity index is 1.35. The molecule has 49 heavy (non-hydrogen) atoms. The Hall–Kier alpha value is -1.73. The molecule has 0 bridgehead atoms. The van der Waals surface area contributed by atoms with Crippen LogP contribution in [0.4, 0.5) is 0 Å². The van der Waals surface area contributed by atoms with Crippen LogP contribution in [0.5, 0.6) is 0 Å². The Kier molecular flexibility index (Phi) is 11.0. The van der Waals surface area contributed by atoms with Gasteiger partial charge in [-0.05, 0) is 153 Å². The maximum Gasteiger partial charge on any atom is 0.309 e. The van der Waals surface area contributed by atoms with Crippen molar-refractivity contribution in [3.8, 4) is 0 Å². The molecule has 0 aromatic heterocycles. The van der Waals surface area contributed by atoms with E-state index in [1.54, 1.807) is 19.4 Å². The van der Waals surface area contributed by atoms with Crippen LogP contribution < -0.4 is 0 Å². The van der Waals surface area contributed by atoms with Crippen LogP contribution in [0.3, 0.4) is 0 Å². The summed E-state index contributed by atoms with van der Waals surface area (Å²) in [7, 11) is 4.31. The first-order chi connectivity index (χ1) is 22.7. The lowest BCUT2D eigenvalue weighted by Crippen LogP contribution is -2.59. The van der Waals surface area contributed by atoms with Gasteiger partial charge in [0.15, 0.2) is 5.78 Å². The molecule has 4 saturated carbocycles. The number of ether oxygens (including phenoxy) is 1. The van der Waals surface area contributed by atoms with Crippen molar-refractivity contribution >= 4 is 17.7 Å². The molecule has 5 rings (SSSR count). The quantitative estimate of drug-likeness (QED) is 0.208. The molecule has 0 radical (unpaired) electrons. The third-order valence-corrected chi connectivity index (χ3v) is 14.9. The molecule has 5 aliphatic rings. The average molecular weight is 683 g/mol. The van der Waals surface area contributed by atoms with Crippen molar-refractivity contribution in [2.75, 3.05) is 33.7 Å². The molecule has 7 nitrogen and oxygen atoms in total. The van der Waals surface area contributed by atoms with Gasteiger partial charge in [-0.2, -0.15) is 0 Å². The van der Waals surface area contributed by atoms with E-state index in [1.165, 1.54) is 31.3 Å². The van der Waals surface area contributed by atoms with E-state index in [2.05, 4.69) is 72.4 Å². The highest BCUT2D eigenvalue weighted by Crippen LogP contribution is 2.69. The number of esters is 1. The number of carbonyl (C=O) groups excluding carboxylic acids is 2. The van der Waals surface area contributed by atoms with Gasteiger partial charge in [0.1, 0.15) is 6.10 Å². The fourth-order valence-corrected chi connectivity index (χ4v) is 12.3. The Morgan fingerprint density at radius 1 is 0.918 bits per heavy atom. The van der Waals surface area contributed by atoms with Gasteiger partial charge < -0.3 is 14.7 Å². The van der Waals surface area contributed by atoms with Gasteiger partial charge >= 0.3 is 11.9 Å². The van der Waals surface area contributed by atoms with Crippen LogP contribution in [0.15, 0.2) is 11.1 Å². The minimum Gasteiger partial charge on any atom is -0.481 e. The molecule has 0 amide bonds. The Bertz CT molecular complexity index is 1300. The van der Waals surface area contributed by atoms with Crippen LogP contribution >= 0.6 is 0 Å². The molecule has 1 N–H and O–H groups in total. The molecule has 0 aromatic rings. The largest absolute Gasteiger partial charge is 0.481 e. The summed E-state index contributed by atoms with van der Waals surface area (Å²) >= 11 is 0. The zero-order chi connectivity index (χ0) is 36.3. The van der Waals surface area contributed by atoms with E-state index < -0.39 is 11.4 Å². The van der Waals surface area contributed by atoms with Crippen LogP contribution in [-0.4, -0.2) is 78.5 Å². The highest BCUT2D eigenvalue weighted by molar-refractivity contribution is 6.00. The number of hydrogen-bond donors (Lipinski definition) is 1. The second-order valence-electron chi connectivity index (χ2n) is 19.5. The first-order valence-electron chi connectivity index (χ1n) is 19.8. The third-order valence-electron chi connectivity index (χ3n) is 14.9. The second-order valence-corrected chi connectivity index (χ2v) is 19.5. The average Bonchev–Trinajstić information content (AvgIpc) is 3.30. The summed E-state index contributed by atoms with van der Waals surface area (Å²) in [5.41, 5.74) is 1.74. The van der Waals surface area contributed by atoms with Crippen LogP contribution in [0.1, 0.15) is 133 Å². The highest BCUT2D eigenvalue weighted by Gasteiger charge is 2.63. The molecule has 0 aromatic carbocycles. The topological polar surface area (TPSA) is 87.2 Å². The SMILES string of the molecule is CC(C)C1=C2C3CCC4C(CCC5C(C)(C)C(OC(=O)CC(C)(C)C(=O)O)CCC45C)C3CCC2(CCN(CCN(C)C)C(C)C)CC1=O. The summed E-state index contributed by atoms with van der Waals surface area (Å²) in [6.45, 7) is 22.7. The fourth-order valence-electron chi connectivity index (χ4n) is 12.3. The van der Waals surface area contributed by atoms with Gasteiger partial charge in [0, 0.05) is 36.4 Å². The highest BCUT2D eigenvalue weighted by atomic mass is 16.5. The molecule has 0 spiro atoms. The smallest absolute Gasteiger partial charge is 0.309 e. The lowest BCUT2D eigenvalue weighted by molar-refractivity contribution is -0.195. The molecule has 7 heteroatoms. The van der Waals surface area contributed by atoms with E-state index in [-0.39, 0.29) is 40.7 Å². The number of carboxylic acids is 1. The zero-order valence-corrected chi connectivity index (χ0v) is 33.0. The van der Waals surface area contributed by atoms with Crippen molar-refractivity contribution in [3.05, 3.63) is 11.1 Å². The number of aliphatic carboxylic acids is 1. The number of Topliss-reactive ketones (excluding diaryl/α,β-unsaturated/α-hetero) is 1. The van der Waals surface area contributed by atoms with E-state index in [0.717, 1.165) is 58.2 Å². The number of ketones is 1. The number of rotatable bonds is 12. The standard InChI is InChI=1S/C42H70N2O5/c1-26(2)36-32(45)24-42(20-21-44(27(3)4)23-22-43(10)11)19-16-28-29-13-15-33-40(7,8)34(49-35(46)25-39(5,6)38(47)48)17-18-41(33,9)31(29)14-12-30(28)37(36)42/h26-31,33-34H,12-25H2,1-11H3,(H,47,48). The molecule has 0 heterocycles. The molecule has 0 aliphatic heterocycles. The number of carboxylic acid groups (broad SMARTS) is 1. The van der Waals surface area contributed by atoms with E-state index in [9.17, 15) is 19.5 Å². The molecular formula is C42H70N2O5. The van der Waals surface area contributed by atoms with Gasteiger partial charge in [-0.1, -0.05) is 40.2 Å². The fraction of sp³-hybridized carbons (Fsp3) is 0.881. The van der Waals surface area contributed by atoms with Crippen LogP contribution in [0, 0.1) is 57.2 Å². The van der Waals surface area contributed by atoms with E-state index in [4.69, 9.17) is 4.74 Å². The normalized spacial score (nSPS) is 35.8. The van der Waals surface area contributed by atoms with Gasteiger partial charge in [0.25, 0.3) is 0 Å². The van der Waals surface area contributed by atoms with Crippen molar-refractivity contribution in [2.24, 2.45) is 57.2 Å². The van der Waals surface area contributed by atoms with Crippen molar-refractivity contribution in [1.29, 1.82) is 0 Å². The molecule has 5 aliphatic carbocycles. The number of nitrogens with zero attached hydrogens (tertiary/aromatic N) is 2. The van der Waals surface area contributed by atoms with Crippen LogP contribution in [0.25, 0.3) is 0 Å². The van der Waals surface area contributed by atoms with Gasteiger partial charge in [-0.15, -0.1) is 0 Å². The van der Waals surface area contributed by atoms with Crippen LogP contribution in [-0.2, 0) is 19.1 Å². The Morgan fingerprint density at radius 2 is 1.61 bits per heavy atom. The van der Waals surface area contributed by atoms with E-state index in [0.29, 0.717) is 41.4 Å². The number of fused-ring (bicyclic) bond motifs is 7. The Labute approximate surface area is 298 Å². The number of likely N-dealkylation sites (N-methyl/N-ethyl adjacent to an activating group) is 1. The van der Waals surface area contributed by atoms with E-state index in [1.807, 2.05) is 0 Å². The first-order valence-corrected chi connectivity index (χ1v) is 19.8. The predicted molar refractivity (Wildman–Crippen MR) is 196 cm³/mol. The second kappa shape index (κ2) is 14.0. The maximum absolute atomic E-state index is 13.9. The lowest BCUT2D eigenvalue weighted by atomic mass is 9.40. The summed E-state index contributed by atoms with van der Waals surface area (Å²) < 4.78 is 6.15. The number of hydrogen-bond acceptors (Lipinski definition) is 6. The number of allylic oxidation sites excluding steroid dienone is 2. The summed E-state index contributed by atoms with van der Waals surface area (Å²) in [5.74, 6) is 2.37. The zero-order valence-electron chi connectivity index (χ0n) is 33.0. The minimum absolute atomic E-state index is 0.0379. The van der Waals surface area contributed by atoms with Gasteiger partial charge in [-0.3, -0.25) is 19.3 Å². The summed E-state index contributed by atoms with van der Waals surface area (Å²) in [4.78, 5) is 43.5. The molecule has 8 atom stereocenters. The maximum atomic E-state index is 13.9. The van der Waals surface area contributed by atoms with Crippen molar-refractivity contribution in [1.82, 2.24) is 9.80 Å². The van der Waals surface area contributed by atoms with Gasteiger partial charge in [-0.25, -0.2) is 0 Å². The van der Waals surface area contributed by atoms with Gasteiger partial charge in [0.05, 0.1) is 11.8 Å². The molecule has 278 valence electrons. The Morgan fingerprint density at radius 3 is 2.22 bits per heavy atom. The summed E-state index contributed by atoms with van der Waals surface area (Å²) in [6, 6.07) is 0.493. The number of carbonyl (C=O) groups is 3. The van der Waals surface area contributed by atoms with Crippen molar-refractivity contribution in [2.45, 2.75) is 145 Å². The molecule has 4 fully saturated rings. The van der Waals surface area contributed by atoms with Crippen molar-refractivity contribution in [3.63, 3.8) is 0 Å². The third kappa shape index (κ3) is 7.07. The summed E-state index contributed by atoms with van der Waals surface area (Å²) in [6.07, 6.45) is 10.6. The first kappa shape index (κ1) is 38.5. The van der Waals surface area contributed by atoms with Crippen molar-refractivity contribution < 1.29 is 24.2 Å². The van der Waals surface area contributed by atoms with Gasteiger partial charge in [0.2, 0.25) is 0 Å². The van der Waals surface area contributed by atoms with Crippen LogP contribution in [0.2, 0.25) is 0 Å². The lowest BCUT2D eigenvalue weighted by Gasteiger charge is -2.65. The summed E-state index contributed by atoms with van der Waals surface area (Å²) in [5, 5.41) is 9.57. The monoisotopic (exact) mass is 683 g/mol. The molecule has 8 unspecified atom stereocenters. The predicted octanol–water partition coefficient (Wildman–Crippen LogP) is 8.26. The molecule has 0 saturated heterocycles. The minimum atomic E-state index is -1.13. The van der Waals surface area contributed by atoms with E-state index >= 15 is 0 Å². The molecular weight excluding hydrogens is 612 g/mol.